The van der Waals surface area contributed by atoms with Gasteiger partial charge in [0.1, 0.15) is 0 Å². The molecule has 2 heteroatoms. The Morgan fingerprint density at radius 2 is 0.692 bits per heavy atom. The van der Waals surface area contributed by atoms with Gasteiger partial charge in [-0.05, 0) is 150 Å². The van der Waals surface area contributed by atoms with Crippen molar-refractivity contribution < 1.29 is 0 Å². The molecular weight excluding hydrogens is 785 g/mol. The summed E-state index contributed by atoms with van der Waals surface area (Å²) in [7, 11) is 0. The average molecular weight is 831 g/mol. The van der Waals surface area contributed by atoms with Crippen molar-refractivity contribution in [3.63, 3.8) is 0 Å². The van der Waals surface area contributed by atoms with Gasteiger partial charge in [0.25, 0.3) is 0 Å². The molecular formula is C63H46N2. The van der Waals surface area contributed by atoms with Crippen LogP contribution < -0.4 is 9.80 Å². The lowest BCUT2D eigenvalue weighted by Crippen LogP contribution is -2.16. The fraction of sp³-hybridized carbons (Fsp3) is 0.0476. The molecule has 0 aromatic heterocycles. The second-order valence-corrected chi connectivity index (χ2v) is 17.7. The summed E-state index contributed by atoms with van der Waals surface area (Å²) in [5.41, 5.74) is 16.7. The van der Waals surface area contributed by atoms with Crippen molar-refractivity contribution >= 4 is 66.4 Å². The Kier molecular flexibility index (Phi) is 9.21. The standard InChI is InChI=1S/C63H46N2/c1-63(2)58-39-32-43-20-18-19-31-52(43)62(58)55-38-35-51(42-59(55)63)65(48-29-16-7-17-30-48)50-34-37-54-57(41-50)61(45-23-10-4-11-24-45)53-36-33-49(40-56(53)60(54)44-21-8-3-9-22-44)64(46-25-12-5-13-26-46)47-27-14-6-15-28-47/h3-42H,1-2H3. The van der Waals surface area contributed by atoms with Gasteiger partial charge < -0.3 is 9.80 Å². The number of rotatable bonds is 8. The van der Waals surface area contributed by atoms with Gasteiger partial charge in [-0.25, -0.2) is 0 Å². The molecule has 0 saturated heterocycles. The van der Waals surface area contributed by atoms with Gasteiger partial charge in [-0.15, -0.1) is 0 Å². The van der Waals surface area contributed by atoms with Crippen molar-refractivity contribution in [2.45, 2.75) is 19.3 Å². The van der Waals surface area contributed by atoms with Crippen LogP contribution in [0.15, 0.2) is 243 Å². The molecule has 2 nitrogen and oxygen atoms in total. The number of para-hydroxylation sites is 3. The lowest BCUT2D eigenvalue weighted by atomic mass is 9.82. The van der Waals surface area contributed by atoms with E-state index in [1.165, 1.54) is 76.8 Å². The zero-order valence-corrected chi connectivity index (χ0v) is 36.5. The van der Waals surface area contributed by atoms with Crippen molar-refractivity contribution in [3.05, 3.63) is 254 Å². The smallest absolute Gasteiger partial charge is 0.0468 e. The molecule has 0 atom stereocenters. The second-order valence-electron chi connectivity index (χ2n) is 17.7. The maximum atomic E-state index is 2.45. The van der Waals surface area contributed by atoms with Crippen LogP contribution in [0.2, 0.25) is 0 Å². The zero-order valence-electron chi connectivity index (χ0n) is 36.5. The van der Waals surface area contributed by atoms with E-state index in [1.54, 1.807) is 0 Å². The van der Waals surface area contributed by atoms with Crippen LogP contribution in [0.25, 0.3) is 65.7 Å². The molecule has 0 fully saturated rings. The molecule has 65 heavy (non-hydrogen) atoms. The predicted molar refractivity (Wildman–Crippen MR) is 277 cm³/mol. The van der Waals surface area contributed by atoms with Crippen LogP contribution >= 0.6 is 0 Å². The molecule has 0 heterocycles. The van der Waals surface area contributed by atoms with Crippen molar-refractivity contribution in [1.82, 2.24) is 0 Å². The first-order valence-corrected chi connectivity index (χ1v) is 22.6. The number of hydrogen-bond acceptors (Lipinski definition) is 2. The maximum Gasteiger partial charge on any atom is 0.0468 e. The highest BCUT2D eigenvalue weighted by molar-refractivity contribution is 6.22. The molecule has 1 aliphatic rings. The quantitative estimate of drug-likeness (QED) is 0.141. The number of hydrogen-bond donors (Lipinski definition) is 0. The first kappa shape index (κ1) is 38.5. The summed E-state index contributed by atoms with van der Waals surface area (Å²) in [5, 5.41) is 7.42. The minimum absolute atomic E-state index is 0.171. The van der Waals surface area contributed by atoms with Crippen molar-refractivity contribution in [3.8, 4) is 33.4 Å². The average Bonchev–Trinajstić information content (AvgIpc) is 3.60. The van der Waals surface area contributed by atoms with Crippen LogP contribution in [-0.2, 0) is 5.41 Å². The Balaban J connectivity index is 1.11. The Hall–Kier alpha value is -8.20. The van der Waals surface area contributed by atoms with Crippen molar-refractivity contribution in [1.29, 1.82) is 0 Å². The highest BCUT2D eigenvalue weighted by atomic mass is 15.1. The van der Waals surface area contributed by atoms with E-state index in [0.29, 0.717) is 0 Å². The third-order valence-corrected chi connectivity index (χ3v) is 13.6. The molecule has 0 radical (unpaired) electrons. The van der Waals surface area contributed by atoms with Crippen molar-refractivity contribution in [2.24, 2.45) is 0 Å². The highest BCUT2D eigenvalue weighted by Gasteiger charge is 2.37. The molecule has 0 unspecified atom stereocenters. The van der Waals surface area contributed by atoms with E-state index in [1.807, 2.05) is 0 Å². The minimum atomic E-state index is -0.171. The van der Waals surface area contributed by atoms with Gasteiger partial charge in [-0.3, -0.25) is 0 Å². The lowest BCUT2D eigenvalue weighted by molar-refractivity contribution is 0.661. The Morgan fingerprint density at radius 1 is 0.277 bits per heavy atom. The third kappa shape index (κ3) is 6.40. The molecule has 12 rings (SSSR count). The van der Waals surface area contributed by atoms with Crippen molar-refractivity contribution in [2.75, 3.05) is 9.80 Å². The summed E-state index contributed by atoms with van der Waals surface area (Å²) >= 11 is 0. The van der Waals surface area contributed by atoms with Crippen LogP contribution in [0.3, 0.4) is 0 Å². The van der Waals surface area contributed by atoms with Crippen LogP contribution in [0.5, 0.6) is 0 Å². The summed E-state index contributed by atoms with van der Waals surface area (Å²) in [6.45, 7) is 4.76. The minimum Gasteiger partial charge on any atom is -0.310 e. The predicted octanol–water partition coefficient (Wildman–Crippen LogP) is 17.7. The highest BCUT2D eigenvalue weighted by Crippen LogP contribution is 2.54. The van der Waals surface area contributed by atoms with Crippen LogP contribution in [0.1, 0.15) is 25.0 Å². The number of benzene rings is 11. The molecule has 0 bridgehead atoms. The van der Waals surface area contributed by atoms with Gasteiger partial charge in [0.15, 0.2) is 0 Å². The van der Waals surface area contributed by atoms with Gasteiger partial charge in [-0.2, -0.15) is 0 Å². The van der Waals surface area contributed by atoms with Gasteiger partial charge >= 0.3 is 0 Å². The van der Waals surface area contributed by atoms with Crippen LogP contribution in [0.4, 0.5) is 34.1 Å². The summed E-state index contributed by atoms with van der Waals surface area (Å²) in [5.74, 6) is 0. The molecule has 0 saturated carbocycles. The molecule has 1 aliphatic carbocycles. The topological polar surface area (TPSA) is 6.48 Å². The SMILES string of the molecule is CC1(C)c2cc(N(c3ccccc3)c3ccc4c(-c5ccccc5)c5cc(N(c6ccccc6)c6ccccc6)ccc5c(-c5ccccc5)c4c3)ccc2-c2c1ccc1ccccc21. The Labute approximate surface area is 380 Å². The van der Waals surface area contributed by atoms with E-state index in [-0.39, 0.29) is 5.41 Å². The Bertz CT molecular complexity index is 3510. The first-order valence-electron chi connectivity index (χ1n) is 22.6. The molecule has 0 N–H and O–H groups in total. The molecule has 308 valence electrons. The maximum absolute atomic E-state index is 2.45. The van der Waals surface area contributed by atoms with E-state index < -0.39 is 0 Å². The summed E-state index contributed by atoms with van der Waals surface area (Å²) in [6, 6.07) is 88.9. The molecule has 0 aliphatic heterocycles. The molecule has 11 aromatic rings. The van der Waals surface area contributed by atoms with E-state index in [4.69, 9.17) is 0 Å². The fourth-order valence-corrected chi connectivity index (χ4v) is 10.6. The number of fused-ring (bicyclic) bond motifs is 7. The lowest BCUT2D eigenvalue weighted by Gasteiger charge is -2.29. The largest absolute Gasteiger partial charge is 0.310 e. The summed E-state index contributed by atoms with van der Waals surface area (Å²) in [4.78, 5) is 4.80. The monoisotopic (exact) mass is 830 g/mol. The van der Waals surface area contributed by atoms with E-state index >= 15 is 0 Å². The van der Waals surface area contributed by atoms with Gasteiger partial charge in [0.05, 0.1) is 0 Å². The van der Waals surface area contributed by atoms with Gasteiger partial charge in [-0.1, -0.05) is 184 Å². The molecule has 0 spiro atoms. The van der Waals surface area contributed by atoms with Crippen LogP contribution in [-0.4, -0.2) is 0 Å². The normalized spacial score (nSPS) is 12.6. The number of anilines is 6. The molecule has 0 amide bonds. The van der Waals surface area contributed by atoms with Crippen LogP contribution in [0, 0.1) is 0 Å². The summed E-state index contributed by atoms with van der Waals surface area (Å²) in [6.07, 6.45) is 0. The fourth-order valence-electron chi connectivity index (χ4n) is 10.6. The van der Waals surface area contributed by atoms with Gasteiger partial charge in [0.2, 0.25) is 0 Å². The number of nitrogens with zero attached hydrogens (tertiary/aromatic N) is 2. The third-order valence-electron chi connectivity index (χ3n) is 13.6. The summed E-state index contributed by atoms with van der Waals surface area (Å²) < 4.78 is 0. The van der Waals surface area contributed by atoms with E-state index in [9.17, 15) is 0 Å². The van der Waals surface area contributed by atoms with E-state index in [2.05, 4.69) is 266 Å². The van der Waals surface area contributed by atoms with E-state index in [0.717, 1.165) is 34.1 Å². The second kappa shape index (κ2) is 15.6. The Morgan fingerprint density at radius 3 is 1.20 bits per heavy atom. The molecule has 11 aromatic carbocycles. The van der Waals surface area contributed by atoms with Gasteiger partial charge in [0, 0.05) is 39.5 Å². The first-order chi connectivity index (χ1) is 32.0. The zero-order chi connectivity index (χ0) is 43.5.